The molecule has 0 saturated heterocycles. The van der Waals surface area contributed by atoms with Crippen molar-refractivity contribution in [3.05, 3.63) is 30.0 Å². The zero-order valence-electron chi connectivity index (χ0n) is 15.1. The molecule has 8 nitrogen and oxygen atoms in total. The number of halogens is 1. The van der Waals surface area contributed by atoms with Gasteiger partial charge < -0.3 is 14.6 Å². The predicted octanol–water partition coefficient (Wildman–Crippen LogP) is 1.93. The van der Waals surface area contributed by atoms with Crippen molar-refractivity contribution < 1.29 is 4.42 Å². The van der Waals surface area contributed by atoms with Crippen molar-refractivity contribution in [1.82, 2.24) is 30.0 Å². The summed E-state index contributed by atoms with van der Waals surface area (Å²) in [7, 11) is 5.55. The predicted molar refractivity (Wildman–Crippen MR) is 103 cm³/mol. The monoisotopic (exact) mass is 447 g/mol. The third kappa shape index (κ3) is 5.18. The Hall–Kier alpha value is -1.65. The Morgan fingerprint density at radius 2 is 2.08 bits per heavy atom. The second kappa shape index (κ2) is 8.45. The lowest BCUT2D eigenvalue weighted by Crippen LogP contribution is -2.38. The van der Waals surface area contributed by atoms with Gasteiger partial charge in [-0.05, 0) is 0 Å². The van der Waals surface area contributed by atoms with Gasteiger partial charge in [0.05, 0.1) is 19.3 Å². The highest BCUT2D eigenvalue weighted by molar-refractivity contribution is 14.0. The van der Waals surface area contributed by atoms with Gasteiger partial charge in [-0.3, -0.25) is 9.67 Å². The zero-order chi connectivity index (χ0) is 17.0. The van der Waals surface area contributed by atoms with Crippen LogP contribution in [0.25, 0.3) is 0 Å². The van der Waals surface area contributed by atoms with Crippen LogP contribution in [0.2, 0.25) is 0 Å². The third-order valence-corrected chi connectivity index (χ3v) is 3.45. The summed E-state index contributed by atoms with van der Waals surface area (Å²) in [5.41, 5.74) is -0.0467. The molecule has 24 heavy (non-hydrogen) atoms. The van der Waals surface area contributed by atoms with Gasteiger partial charge in [0.2, 0.25) is 5.89 Å². The molecule has 0 bridgehead atoms. The molecule has 2 aromatic rings. The summed E-state index contributed by atoms with van der Waals surface area (Å²) < 4.78 is 7.52. The Morgan fingerprint density at radius 1 is 1.38 bits per heavy atom. The first kappa shape index (κ1) is 20.4. The molecule has 9 heteroatoms. The summed E-state index contributed by atoms with van der Waals surface area (Å²) >= 11 is 0. The molecular weight excluding hydrogens is 421 g/mol. The maximum atomic E-state index is 5.77. The highest BCUT2D eigenvalue weighted by Gasteiger charge is 2.19. The number of nitrogens with zero attached hydrogens (tertiary/aromatic N) is 6. The largest absolute Gasteiger partial charge is 0.443 e. The van der Waals surface area contributed by atoms with Gasteiger partial charge in [0.25, 0.3) is 0 Å². The third-order valence-electron chi connectivity index (χ3n) is 3.45. The van der Waals surface area contributed by atoms with Crippen molar-refractivity contribution >= 4 is 29.9 Å². The average molecular weight is 447 g/mol. The summed E-state index contributed by atoms with van der Waals surface area (Å²) in [4.78, 5) is 14.8. The number of oxazole rings is 1. The van der Waals surface area contributed by atoms with E-state index in [4.69, 9.17) is 4.42 Å². The topological polar surface area (TPSA) is 84.4 Å². The number of aromatic nitrogens is 4. The van der Waals surface area contributed by atoms with Crippen LogP contribution in [-0.4, -0.2) is 44.7 Å². The highest BCUT2D eigenvalue weighted by Crippen LogP contribution is 2.22. The smallest absolute Gasteiger partial charge is 0.213 e. The van der Waals surface area contributed by atoms with E-state index in [0.717, 1.165) is 17.5 Å². The van der Waals surface area contributed by atoms with Crippen LogP contribution in [0.15, 0.2) is 21.9 Å². The number of hydrogen-bond donors (Lipinski definition) is 1. The minimum absolute atomic E-state index is 0. The first-order valence-electron chi connectivity index (χ1n) is 7.51. The van der Waals surface area contributed by atoms with Crippen LogP contribution in [0.5, 0.6) is 0 Å². The first-order valence-corrected chi connectivity index (χ1v) is 7.51. The van der Waals surface area contributed by atoms with Gasteiger partial charge >= 0.3 is 0 Å². The molecule has 0 unspecified atom stereocenters. The SMILES string of the molecule is CN=C(NCc1ncc(C(C)(C)C)o1)N(C)Cc1ncnn1C.I. The van der Waals surface area contributed by atoms with Crippen LogP contribution in [0.3, 0.4) is 0 Å². The molecular formula is C15H26IN7O. The van der Waals surface area contributed by atoms with Crippen LogP contribution in [0.4, 0.5) is 0 Å². The Balaban J connectivity index is 0.00000288. The van der Waals surface area contributed by atoms with Gasteiger partial charge in [-0.1, -0.05) is 20.8 Å². The molecule has 0 atom stereocenters. The Kier molecular flexibility index (Phi) is 7.18. The van der Waals surface area contributed by atoms with Crippen molar-refractivity contribution in [3.63, 3.8) is 0 Å². The fourth-order valence-electron chi connectivity index (χ4n) is 2.03. The van der Waals surface area contributed by atoms with E-state index in [2.05, 4.69) is 46.1 Å². The molecule has 0 saturated carbocycles. The van der Waals surface area contributed by atoms with Gasteiger partial charge in [0.15, 0.2) is 5.96 Å². The standard InChI is InChI=1S/C15H25N7O.HI/c1-15(2,3)11-7-17-13(23-11)8-18-14(16-4)21(5)9-12-19-10-20-22(12)6;/h7,10H,8-9H2,1-6H3,(H,16,18);1H. The van der Waals surface area contributed by atoms with E-state index in [0.29, 0.717) is 19.0 Å². The van der Waals surface area contributed by atoms with Gasteiger partial charge in [-0.15, -0.1) is 24.0 Å². The quantitative estimate of drug-likeness (QED) is 0.438. The van der Waals surface area contributed by atoms with E-state index in [1.807, 2.05) is 19.0 Å². The van der Waals surface area contributed by atoms with Gasteiger partial charge in [-0.25, -0.2) is 9.97 Å². The molecule has 1 N–H and O–H groups in total. The van der Waals surface area contributed by atoms with E-state index in [-0.39, 0.29) is 29.4 Å². The van der Waals surface area contributed by atoms with Crippen LogP contribution < -0.4 is 5.32 Å². The number of aliphatic imine (C=N–C) groups is 1. The van der Waals surface area contributed by atoms with Crippen LogP contribution in [0, 0.1) is 0 Å². The molecule has 134 valence electrons. The first-order chi connectivity index (χ1) is 10.8. The normalized spacial score (nSPS) is 12.0. The van der Waals surface area contributed by atoms with Crippen LogP contribution >= 0.6 is 24.0 Å². The second-order valence-electron chi connectivity index (χ2n) is 6.42. The molecule has 0 fully saturated rings. The molecule has 0 spiro atoms. The fourth-order valence-corrected chi connectivity index (χ4v) is 2.03. The van der Waals surface area contributed by atoms with Crippen molar-refractivity contribution in [2.45, 2.75) is 39.3 Å². The molecule has 0 aromatic carbocycles. The summed E-state index contributed by atoms with van der Waals surface area (Å²) in [6.07, 6.45) is 3.32. The molecule has 2 heterocycles. The number of aryl methyl sites for hydroxylation is 1. The van der Waals surface area contributed by atoms with Gasteiger partial charge in [-0.2, -0.15) is 5.10 Å². The lowest BCUT2D eigenvalue weighted by atomic mass is 9.94. The molecule has 0 aliphatic carbocycles. The van der Waals surface area contributed by atoms with Crippen molar-refractivity contribution in [2.75, 3.05) is 14.1 Å². The van der Waals surface area contributed by atoms with Crippen molar-refractivity contribution in [3.8, 4) is 0 Å². The summed E-state index contributed by atoms with van der Waals surface area (Å²) in [6, 6.07) is 0. The Morgan fingerprint density at radius 3 is 2.58 bits per heavy atom. The van der Waals surface area contributed by atoms with E-state index in [1.54, 1.807) is 24.3 Å². The summed E-state index contributed by atoms with van der Waals surface area (Å²) in [5, 5.41) is 7.31. The van der Waals surface area contributed by atoms with E-state index in [9.17, 15) is 0 Å². The maximum absolute atomic E-state index is 5.77. The Bertz CT molecular complexity index is 671. The summed E-state index contributed by atoms with van der Waals surface area (Å²) in [6.45, 7) is 7.37. The maximum Gasteiger partial charge on any atom is 0.213 e. The molecule has 2 aromatic heterocycles. The lowest BCUT2D eigenvalue weighted by Gasteiger charge is -2.21. The minimum Gasteiger partial charge on any atom is -0.443 e. The highest BCUT2D eigenvalue weighted by atomic mass is 127. The molecule has 0 aliphatic rings. The molecule has 2 rings (SSSR count). The summed E-state index contributed by atoms with van der Waals surface area (Å²) in [5.74, 6) is 3.12. The minimum atomic E-state index is -0.0467. The molecule has 0 amide bonds. The average Bonchev–Trinajstić information content (AvgIpc) is 3.09. The van der Waals surface area contributed by atoms with Crippen LogP contribution in [-0.2, 0) is 25.6 Å². The van der Waals surface area contributed by atoms with E-state index < -0.39 is 0 Å². The van der Waals surface area contributed by atoms with Gasteiger partial charge in [0.1, 0.15) is 17.9 Å². The van der Waals surface area contributed by atoms with Gasteiger partial charge in [0, 0.05) is 26.6 Å². The number of nitrogens with one attached hydrogen (secondary N) is 1. The van der Waals surface area contributed by atoms with Crippen molar-refractivity contribution in [2.24, 2.45) is 12.0 Å². The second-order valence-corrected chi connectivity index (χ2v) is 6.42. The molecule has 0 radical (unpaired) electrons. The number of guanidine groups is 1. The van der Waals surface area contributed by atoms with Crippen molar-refractivity contribution in [1.29, 1.82) is 0 Å². The van der Waals surface area contributed by atoms with E-state index >= 15 is 0 Å². The number of hydrogen-bond acceptors (Lipinski definition) is 5. The lowest BCUT2D eigenvalue weighted by molar-refractivity contribution is 0.376. The number of rotatable bonds is 4. The fraction of sp³-hybridized carbons (Fsp3) is 0.600. The molecule has 0 aliphatic heterocycles. The van der Waals surface area contributed by atoms with Crippen LogP contribution in [0.1, 0.15) is 38.2 Å². The zero-order valence-corrected chi connectivity index (χ0v) is 17.4. The Labute approximate surface area is 159 Å². The van der Waals surface area contributed by atoms with E-state index in [1.165, 1.54) is 0 Å².